The molecule has 2 N–H and O–H groups in total. The number of benzene rings is 2. The molecule has 0 fully saturated rings. The van der Waals surface area contributed by atoms with E-state index in [1.54, 1.807) is 0 Å². The molecule has 0 aliphatic heterocycles. The lowest BCUT2D eigenvalue weighted by Gasteiger charge is -2.14. The summed E-state index contributed by atoms with van der Waals surface area (Å²) in [5.41, 5.74) is 7.22. The maximum atomic E-state index is 13.6. The Morgan fingerprint density at radius 1 is 1.10 bits per heavy atom. The minimum absolute atomic E-state index is 0.0908. The second kappa shape index (κ2) is 7.18. The molecule has 2 aromatic rings. The Morgan fingerprint density at radius 2 is 1.81 bits per heavy atom. The second-order valence-electron chi connectivity index (χ2n) is 4.95. The van der Waals surface area contributed by atoms with Crippen LogP contribution in [0, 0.1) is 11.6 Å². The normalized spacial score (nSPS) is 12.2. The largest absolute Gasteiger partial charge is 0.492 e. The fourth-order valence-electron chi connectivity index (χ4n) is 2.12. The van der Waals surface area contributed by atoms with Gasteiger partial charge < -0.3 is 10.5 Å². The molecule has 0 aromatic heterocycles. The Kier molecular flexibility index (Phi) is 5.28. The zero-order valence-electron chi connectivity index (χ0n) is 12.0. The van der Waals surface area contributed by atoms with Crippen LogP contribution in [-0.4, -0.2) is 6.61 Å². The van der Waals surface area contributed by atoms with Gasteiger partial charge in [0.1, 0.15) is 12.4 Å². The van der Waals surface area contributed by atoms with Crippen molar-refractivity contribution < 1.29 is 13.5 Å². The van der Waals surface area contributed by atoms with Gasteiger partial charge in [-0.05, 0) is 30.2 Å². The number of rotatable bonds is 6. The van der Waals surface area contributed by atoms with Gasteiger partial charge in [-0.3, -0.25) is 0 Å². The van der Waals surface area contributed by atoms with E-state index in [1.165, 1.54) is 17.7 Å². The molecule has 0 heterocycles. The first-order valence-electron chi connectivity index (χ1n) is 7.03. The molecular weight excluding hydrogens is 272 g/mol. The van der Waals surface area contributed by atoms with Crippen LogP contribution in [-0.2, 0) is 6.42 Å². The van der Waals surface area contributed by atoms with Gasteiger partial charge in [0.15, 0.2) is 11.6 Å². The van der Waals surface area contributed by atoms with Crippen molar-refractivity contribution in [1.29, 1.82) is 0 Å². The molecule has 0 aliphatic carbocycles. The molecule has 0 bridgehead atoms. The molecule has 1 atom stereocenters. The van der Waals surface area contributed by atoms with Crippen LogP contribution in [0.1, 0.15) is 30.5 Å². The summed E-state index contributed by atoms with van der Waals surface area (Å²) in [4.78, 5) is 0. The van der Waals surface area contributed by atoms with Gasteiger partial charge in [-0.15, -0.1) is 0 Å². The van der Waals surface area contributed by atoms with E-state index in [9.17, 15) is 8.78 Å². The van der Waals surface area contributed by atoms with Crippen molar-refractivity contribution in [3.63, 3.8) is 0 Å². The highest BCUT2D eigenvalue weighted by molar-refractivity contribution is 5.28. The lowest BCUT2D eigenvalue weighted by atomic mass is 10.1. The first-order chi connectivity index (χ1) is 10.1. The van der Waals surface area contributed by atoms with Crippen molar-refractivity contribution in [3.8, 4) is 5.75 Å². The summed E-state index contributed by atoms with van der Waals surface area (Å²) >= 11 is 0. The van der Waals surface area contributed by atoms with E-state index in [2.05, 4.69) is 6.92 Å². The van der Waals surface area contributed by atoms with E-state index in [-0.39, 0.29) is 12.2 Å². The van der Waals surface area contributed by atoms with E-state index in [1.807, 2.05) is 24.3 Å². The van der Waals surface area contributed by atoms with Gasteiger partial charge in [0.05, 0.1) is 6.04 Å². The summed E-state index contributed by atoms with van der Waals surface area (Å²) in [6.45, 7) is 2.21. The molecule has 0 aliphatic rings. The van der Waals surface area contributed by atoms with Crippen molar-refractivity contribution in [2.24, 2.45) is 5.73 Å². The molecule has 112 valence electrons. The first kappa shape index (κ1) is 15.4. The molecule has 0 amide bonds. The molecule has 0 spiro atoms. The molecule has 2 nitrogen and oxygen atoms in total. The molecule has 4 heteroatoms. The maximum Gasteiger partial charge on any atom is 0.163 e. The smallest absolute Gasteiger partial charge is 0.163 e. The quantitative estimate of drug-likeness (QED) is 0.873. The van der Waals surface area contributed by atoms with Crippen molar-refractivity contribution in [3.05, 3.63) is 65.2 Å². The molecule has 2 aromatic carbocycles. The van der Waals surface area contributed by atoms with Crippen molar-refractivity contribution in [2.45, 2.75) is 25.8 Å². The van der Waals surface area contributed by atoms with Crippen LogP contribution in [0.3, 0.4) is 0 Å². The fourth-order valence-corrected chi connectivity index (χ4v) is 2.12. The van der Waals surface area contributed by atoms with Gasteiger partial charge in [0, 0.05) is 5.56 Å². The first-order valence-corrected chi connectivity index (χ1v) is 7.03. The van der Waals surface area contributed by atoms with E-state index in [0.717, 1.165) is 18.9 Å². The Hall–Kier alpha value is -1.94. The molecule has 0 radical (unpaired) electrons. The minimum atomic E-state index is -0.910. The molecular formula is C17H19F2NO. The highest BCUT2D eigenvalue weighted by Crippen LogP contribution is 2.20. The highest BCUT2D eigenvalue weighted by Gasteiger charge is 2.15. The van der Waals surface area contributed by atoms with Crippen LogP contribution < -0.4 is 10.5 Å². The Morgan fingerprint density at radius 3 is 2.48 bits per heavy atom. The molecule has 0 saturated heterocycles. The summed E-state index contributed by atoms with van der Waals surface area (Å²) in [6.07, 6.45) is 2.11. The fraction of sp³-hybridized carbons (Fsp3) is 0.294. The van der Waals surface area contributed by atoms with Crippen LogP contribution in [0.15, 0.2) is 42.5 Å². The molecule has 21 heavy (non-hydrogen) atoms. The van der Waals surface area contributed by atoms with Crippen molar-refractivity contribution in [1.82, 2.24) is 0 Å². The van der Waals surface area contributed by atoms with Gasteiger partial charge >= 0.3 is 0 Å². The lowest BCUT2D eigenvalue weighted by Crippen LogP contribution is -2.20. The van der Waals surface area contributed by atoms with Gasteiger partial charge in [-0.25, -0.2) is 8.78 Å². The number of halogens is 2. The summed E-state index contributed by atoms with van der Waals surface area (Å²) in [7, 11) is 0. The van der Waals surface area contributed by atoms with Crippen molar-refractivity contribution >= 4 is 0 Å². The van der Waals surface area contributed by atoms with Gasteiger partial charge in [-0.2, -0.15) is 0 Å². The Bertz CT molecular complexity index is 584. The van der Waals surface area contributed by atoms with E-state index < -0.39 is 17.7 Å². The Labute approximate surface area is 123 Å². The van der Waals surface area contributed by atoms with Crippen LogP contribution in [0.5, 0.6) is 5.75 Å². The third-order valence-electron chi connectivity index (χ3n) is 3.27. The van der Waals surface area contributed by atoms with Gasteiger partial charge in [0.2, 0.25) is 0 Å². The molecule has 0 saturated carbocycles. The zero-order valence-corrected chi connectivity index (χ0v) is 12.0. The lowest BCUT2D eigenvalue weighted by molar-refractivity contribution is 0.286. The topological polar surface area (TPSA) is 35.2 Å². The van der Waals surface area contributed by atoms with Crippen molar-refractivity contribution in [2.75, 3.05) is 6.61 Å². The minimum Gasteiger partial charge on any atom is -0.492 e. The monoisotopic (exact) mass is 291 g/mol. The maximum absolute atomic E-state index is 13.6. The average molecular weight is 291 g/mol. The van der Waals surface area contributed by atoms with Gasteiger partial charge in [0.25, 0.3) is 0 Å². The third kappa shape index (κ3) is 4.02. The number of hydrogen-bond acceptors (Lipinski definition) is 2. The zero-order chi connectivity index (χ0) is 15.2. The second-order valence-corrected chi connectivity index (χ2v) is 4.95. The SMILES string of the molecule is CCCc1ccc(OCC(N)c2cccc(F)c2F)cc1. The van der Waals surface area contributed by atoms with E-state index in [4.69, 9.17) is 10.5 Å². The highest BCUT2D eigenvalue weighted by atomic mass is 19.2. The number of ether oxygens (including phenoxy) is 1. The average Bonchev–Trinajstić information content (AvgIpc) is 2.49. The van der Waals surface area contributed by atoms with E-state index >= 15 is 0 Å². The summed E-state index contributed by atoms with van der Waals surface area (Å²) in [5.74, 6) is -1.14. The van der Waals surface area contributed by atoms with Crippen LogP contribution in [0.4, 0.5) is 8.78 Å². The predicted molar refractivity (Wildman–Crippen MR) is 79.2 cm³/mol. The third-order valence-corrected chi connectivity index (χ3v) is 3.27. The summed E-state index contributed by atoms with van der Waals surface area (Å²) in [5, 5.41) is 0. The van der Waals surface area contributed by atoms with Gasteiger partial charge in [-0.1, -0.05) is 37.6 Å². The van der Waals surface area contributed by atoms with Crippen LogP contribution in [0.2, 0.25) is 0 Å². The molecule has 1 unspecified atom stereocenters. The molecule has 2 rings (SSSR count). The predicted octanol–water partition coefficient (Wildman–Crippen LogP) is 4.00. The standard InChI is InChI=1S/C17H19F2NO/c1-2-4-12-7-9-13(10-8-12)21-11-16(20)14-5-3-6-15(18)17(14)19/h3,5-10,16H,2,4,11,20H2,1H3. The number of hydrogen-bond donors (Lipinski definition) is 1. The van der Waals surface area contributed by atoms with Crippen LogP contribution in [0.25, 0.3) is 0 Å². The van der Waals surface area contributed by atoms with Crippen LogP contribution >= 0.6 is 0 Å². The summed E-state index contributed by atoms with van der Waals surface area (Å²) < 4.78 is 32.3. The number of aryl methyl sites for hydroxylation is 1. The van der Waals surface area contributed by atoms with E-state index in [0.29, 0.717) is 5.75 Å². The number of nitrogens with two attached hydrogens (primary N) is 1. The Balaban J connectivity index is 1.97. The summed E-state index contributed by atoms with van der Waals surface area (Å²) in [6, 6.07) is 11.0.